The number of carbonyl (C=O) groups is 3. The number of hydrogen-bond acceptors (Lipinski definition) is 4. The van der Waals surface area contributed by atoms with Gasteiger partial charge in [0.05, 0.1) is 0 Å². The van der Waals surface area contributed by atoms with E-state index in [0.29, 0.717) is 13.0 Å². The molecule has 0 aliphatic carbocycles. The summed E-state index contributed by atoms with van der Waals surface area (Å²) in [5.74, 6) is -0.456. The normalized spacial score (nSPS) is 20.9. The van der Waals surface area contributed by atoms with Crippen molar-refractivity contribution in [2.24, 2.45) is 5.73 Å². The predicted molar refractivity (Wildman–Crippen MR) is 86.6 cm³/mol. The van der Waals surface area contributed by atoms with Crippen LogP contribution >= 0.6 is 0 Å². The van der Waals surface area contributed by atoms with Crippen LogP contribution < -0.4 is 11.1 Å². The van der Waals surface area contributed by atoms with Gasteiger partial charge in [-0.1, -0.05) is 6.42 Å². The van der Waals surface area contributed by atoms with Gasteiger partial charge in [-0.15, -0.1) is 0 Å². The largest absolute Gasteiger partial charge is 0.456 e. The van der Waals surface area contributed by atoms with Crippen molar-refractivity contribution in [1.29, 1.82) is 0 Å². The summed E-state index contributed by atoms with van der Waals surface area (Å²) in [4.78, 5) is 36.2. The molecular formula is C16H29N3O4. The van der Waals surface area contributed by atoms with E-state index in [-0.39, 0.29) is 37.0 Å². The maximum absolute atomic E-state index is 12.2. The van der Waals surface area contributed by atoms with Gasteiger partial charge in [0.1, 0.15) is 0 Å². The van der Waals surface area contributed by atoms with Crippen LogP contribution in [0.2, 0.25) is 0 Å². The SMILES string of the molecule is C[C@@H]1CCC[C@@H](C)N1C(=O)COC(=O)CCCCCNC(N)=O. The number of primary amides is 1. The second-order valence-electron chi connectivity index (χ2n) is 6.19. The number of nitrogens with zero attached hydrogens (tertiary/aromatic N) is 1. The third-order valence-electron chi connectivity index (χ3n) is 4.20. The van der Waals surface area contributed by atoms with Gasteiger partial charge in [-0.3, -0.25) is 9.59 Å². The van der Waals surface area contributed by atoms with Crippen LogP contribution in [0.3, 0.4) is 0 Å². The fourth-order valence-electron chi connectivity index (χ4n) is 2.98. The van der Waals surface area contributed by atoms with Crippen molar-refractivity contribution < 1.29 is 19.1 Å². The molecule has 2 atom stereocenters. The van der Waals surface area contributed by atoms with Crippen molar-refractivity contribution >= 4 is 17.9 Å². The van der Waals surface area contributed by atoms with Crippen molar-refractivity contribution in [2.45, 2.75) is 70.9 Å². The molecule has 3 N–H and O–H groups in total. The molecule has 1 rings (SSSR count). The Hall–Kier alpha value is -1.79. The first kappa shape index (κ1) is 19.3. The van der Waals surface area contributed by atoms with Crippen LogP contribution in [0, 0.1) is 0 Å². The zero-order valence-corrected chi connectivity index (χ0v) is 14.2. The summed E-state index contributed by atoms with van der Waals surface area (Å²) < 4.78 is 5.08. The van der Waals surface area contributed by atoms with Crippen LogP contribution in [0.5, 0.6) is 0 Å². The molecule has 3 amide bonds. The lowest BCUT2D eigenvalue weighted by Gasteiger charge is -2.38. The standard InChI is InChI=1S/C16H29N3O4/c1-12-7-6-8-13(2)19(12)14(20)11-23-15(21)9-4-3-5-10-18-16(17)22/h12-13H,3-11H2,1-2H3,(H3,17,18,22)/t12-,13-/m1/s1. The number of piperidine rings is 1. The van der Waals surface area contributed by atoms with Crippen molar-refractivity contribution in [3.05, 3.63) is 0 Å². The van der Waals surface area contributed by atoms with Crippen molar-refractivity contribution in [3.8, 4) is 0 Å². The smallest absolute Gasteiger partial charge is 0.312 e. The van der Waals surface area contributed by atoms with Crippen molar-refractivity contribution in [3.63, 3.8) is 0 Å². The van der Waals surface area contributed by atoms with Crippen LogP contribution in [-0.4, -0.2) is 48.0 Å². The highest BCUT2D eigenvalue weighted by atomic mass is 16.5. The van der Waals surface area contributed by atoms with E-state index < -0.39 is 6.03 Å². The van der Waals surface area contributed by atoms with E-state index in [4.69, 9.17) is 10.5 Å². The Labute approximate surface area is 137 Å². The number of hydrogen-bond donors (Lipinski definition) is 2. The lowest BCUT2D eigenvalue weighted by Crippen LogP contribution is -2.49. The quantitative estimate of drug-likeness (QED) is 0.521. The first-order chi connectivity index (χ1) is 10.9. The van der Waals surface area contributed by atoms with Gasteiger partial charge in [0, 0.05) is 25.0 Å². The third kappa shape index (κ3) is 7.34. The maximum Gasteiger partial charge on any atom is 0.312 e. The predicted octanol–water partition coefficient (Wildman–Crippen LogP) is 1.55. The minimum Gasteiger partial charge on any atom is -0.456 e. The van der Waals surface area contributed by atoms with Crippen LogP contribution in [0.4, 0.5) is 4.79 Å². The molecule has 1 heterocycles. The van der Waals surface area contributed by atoms with Gasteiger partial charge in [0.2, 0.25) is 0 Å². The van der Waals surface area contributed by atoms with E-state index in [9.17, 15) is 14.4 Å². The highest BCUT2D eigenvalue weighted by Gasteiger charge is 2.29. The number of likely N-dealkylation sites (tertiary alicyclic amines) is 1. The first-order valence-corrected chi connectivity index (χ1v) is 8.42. The average molecular weight is 327 g/mol. The van der Waals surface area contributed by atoms with Crippen molar-refractivity contribution in [2.75, 3.05) is 13.2 Å². The zero-order valence-electron chi connectivity index (χ0n) is 14.2. The van der Waals surface area contributed by atoms with E-state index in [0.717, 1.165) is 32.1 Å². The molecule has 0 saturated carbocycles. The molecule has 7 heteroatoms. The highest BCUT2D eigenvalue weighted by Crippen LogP contribution is 2.22. The molecule has 1 fully saturated rings. The van der Waals surface area contributed by atoms with E-state index in [1.165, 1.54) is 0 Å². The molecular weight excluding hydrogens is 298 g/mol. The molecule has 0 aromatic rings. The Morgan fingerprint density at radius 2 is 1.78 bits per heavy atom. The summed E-state index contributed by atoms with van der Waals surface area (Å²) in [7, 11) is 0. The Morgan fingerprint density at radius 3 is 2.39 bits per heavy atom. The number of carbonyl (C=O) groups excluding carboxylic acids is 3. The average Bonchev–Trinajstić information content (AvgIpc) is 2.48. The minimum absolute atomic E-state index is 0.108. The monoisotopic (exact) mass is 327 g/mol. The number of unbranched alkanes of at least 4 members (excludes halogenated alkanes) is 2. The fourth-order valence-corrected chi connectivity index (χ4v) is 2.98. The Kier molecular flexibility index (Phi) is 8.43. The number of urea groups is 1. The number of ether oxygens (including phenoxy) is 1. The van der Waals surface area contributed by atoms with Crippen LogP contribution in [0.1, 0.15) is 58.8 Å². The number of nitrogens with one attached hydrogen (secondary N) is 1. The molecule has 0 spiro atoms. The second kappa shape index (κ2) is 10.1. The topological polar surface area (TPSA) is 102 Å². The number of nitrogens with two attached hydrogens (primary N) is 1. The molecule has 1 aliphatic rings. The van der Waals surface area contributed by atoms with Gasteiger partial charge in [-0.05, 0) is 46.0 Å². The first-order valence-electron chi connectivity index (χ1n) is 8.42. The van der Waals surface area contributed by atoms with Gasteiger partial charge in [-0.25, -0.2) is 4.79 Å². The van der Waals surface area contributed by atoms with Crippen LogP contribution in [0.15, 0.2) is 0 Å². The fraction of sp³-hybridized carbons (Fsp3) is 0.812. The molecule has 23 heavy (non-hydrogen) atoms. The summed E-state index contributed by atoms with van der Waals surface area (Å²) in [5, 5.41) is 2.49. The number of esters is 1. The van der Waals surface area contributed by atoms with E-state index in [1.54, 1.807) is 0 Å². The maximum atomic E-state index is 12.2. The molecule has 1 aliphatic heterocycles. The third-order valence-corrected chi connectivity index (χ3v) is 4.20. The summed E-state index contributed by atoms with van der Waals surface area (Å²) >= 11 is 0. The van der Waals surface area contributed by atoms with Gasteiger partial charge in [0.25, 0.3) is 5.91 Å². The van der Waals surface area contributed by atoms with Gasteiger partial charge in [0.15, 0.2) is 6.61 Å². The Bertz CT molecular complexity index is 404. The van der Waals surface area contributed by atoms with Gasteiger partial charge < -0.3 is 20.7 Å². The molecule has 132 valence electrons. The summed E-state index contributed by atoms with van der Waals surface area (Å²) in [5.41, 5.74) is 4.94. The van der Waals surface area contributed by atoms with Gasteiger partial charge >= 0.3 is 12.0 Å². The van der Waals surface area contributed by atoms with E-state index in [2.05, 4.69) is 5.32 Å². The molecule has 0 bridgehead atoms. The Morgan fingerprint density at radius 1 is 1.13 bits per heavy atom. The summed E-state index contributed by atoms with van der Waals surface area (Å²) in [6, 6.07) is -0.116. The zero-order chi connectivity index (χ0) is 17.2. The Balaban J connectivity index is 2.15. The molecule has 7 nitrogen and oxygen atoms in total. The number of rotatable bonds is 8. The molecule has 0 unspecified atom stereocenters. The minimum atomic E-state index is -0.538. The molecule has 0 aromatic carbocycles. The summed E-state index contributed by atoms with van der Waals surface area (Å²) in [6.07, 6.45) is 5.66. The van der Waals surface area contributed by atoms with Crippen LogP contribution in [-0.2, 0) is 14.3 Å². The van der Waals surface area contributed by atoms with Crippen LogP contribution in [0.25, 0.3) is 0 Å². The second-order valence-corrected chi connectivity index (χ2v) is 6.19. The van der Waals surface area contributed by atoms with Crippen molar-refractivity contribution in [1.82, 2.24) is 10.2 Å². The molecule has 0 aromatic heterocycles. The molecule has 1 saturated heterocycles. The molecule has 0 radical (unpaired) electrons. The highest BCUT2D eigenvalue weighted by molar-refractivity contribution is 5.81. The lowest BCUT2D eigenvalue weighted by molar-refractivity contribution is -0.154. The van der Waals surface area contributed by atoms with E-state index >= 15 is 0 Å². The summed E-state index contributed by atoms with van der Waals surface area (Å²) in [6.45, 7) is 4.41. The van der Waals surface area contributed by atoms with E-state index in [1.807, 2.05) is 18.7 Å². The lowest BCUT2D eigenvalue weighted by atomic mass is 9.97. The number of amides is 3. The van der Waals surface area contributed by atoms with Gasteiger partial charge in [-0.2, -0.15) is 0 Å².